The van der Waals surface area contributed by atoms with E-state index in [0.29, 0.717) is 28.8 Å². The molecule has 0 unspecified atom stereocenters. The van der Waals surface area contributed by atoms with E-state index < -0.39 is 9.84 Å². The quantitative estimate of drug-likeness (QED) is 0.409. The number of aromatic nitrogens is 6. The van der Waals surface area contributed by atoms with E-state index in [1.165, 1.54) is 0 Å². The van der Waals surface area contributed by atoms with Crippen LogP contribution in [0.4, 0.5) is 17.5 Å². The molecular formula is C16H16N8O2S. The zero-order valence-corrected chi connectivity index (χ0v) is 15.1. The Morgan fingerprint density at radius 3 is 2.81 bits per heavy atom. The van der Waals surface area contributed by atoms with Crippen LogP contribution in [-0.4, -0.2) is 51.1 Å². The molecule has 4 aromatic rings. The highest BCUT2D eigenvalue weighted by molar-refractivity contribution is 7.90. The van der Waals surface area contributed by atoms with Crippen LogP contribution in [0.5, 0.6) is 0 Å². The van der Waals surface area contributed by atoms with E-state index >= 15 is 0 Å². The Labute approximate surface area is 153 Å². The third kappa shape index (κ3) is 2.95. The van der Waals surface area contributed by atoms with Crippen molar-refractivity contribution in [1.29, 1.82) is 0 Å². The molecule has 10 nitrogen and oxygen atoms in total. The lowest BCUT2D eigenvalue weighted by Gasteiger charge is -2.10. The van der Waals surface area contributed by atoms with Gasteiger partial charge in [-0.25, -0.2) is 8.42 Å². The van der Waals surface area contributed by atoms with E-state index in [-0.39, 0.29) is 5.03 Å². The molecule has 1 aliphatic rings. The topological polar surface area (TPSA) is 141 Å². The van der Waals surface area contributed by atoms with Gasteiger partial charge < -0.3 is 10.6 Å². The lowest BCUT2D eigenvalue weighted by atomic mass is 10.2. The van der Waals surface area contributed by atoms with E-state index in [1.807, 2.05) is 18.2 Å². The Bertz CT molecular complexity index is 1270. The van der Waals surface area contributed by atoms with E-state index in [4.69, 9.17) is 0 Å². The normalized spacial score (nSPS) is 14.7. The molecule has 0 amide bonds. The van der Waals surface area contributed by atoms with Gasteiger partial charge in [-0.15, -0.1) is 0 Å². The first-order valence-electron chi connectivity index (χ1n) is 8.40. The van der Waals surface area contributed by atoms with Crippen molar-refractivity contribution in [2.75, 3.05) is 16.9 Å². The number of hydrogen-bond acceptors (Lipinski definition) is 8. The summed E-state index contributed by atoms with van der Waals surface area (Å²) >= 11 is 0. The van der Waals surface area contributed by atoms with Crippen molar-refractivity contribution in [3.05, 3.63) is 24.4 Å². The van der Waals surface area contributed by atoms with Gasteiger partial charge in [0.2, 0.25) is 5.95 Å². The summed E-state index contributed by atoms with van der Waals surface area (Å²) in [6.07, 6.45) is 4.91. The minimum absolute atomic E-state index is 0.0491. The lowest BCUT2D eigenvalue weighted by Crippen LogP contribution is -2.08. The van der Waals surface area contributed by atoms with Gasteiger partial charge in [-0.2, -0.15) is 20.2 Å². The molecule has 1 aliphatic carbocycles. The molecule has 1 fully saturated rings. The number of H-pyrrole nitrogens is 2. The fourth-order valence-corrected chi connectivity index (χ4v) is 3.68. The first-order chi connectivity index (χ1) is 13.0. The Morgan fingerprint density at radius 1 is 1.19 bits per heavy atom. The Hall–Kier alpha value is -3.21. The summed E-state index contributed by atoms with van der Waals surface area (Å²) in [5.41, 5.74) is 2.09. The third-order valence-electron chi connectivity index (χ3n) is 4.35. The average Bonchev–Trinajstić information content (AvgIpc) is 3.13. The zero-order chi connectivity index (χ0) is 18.6. The van der Waals surface area contributed by atoms with Crippen molar-refractivity contribution in [3.63, 3.8) is 0 Å². The molecule has 1 aromatic carbocycles. The molecule has 0 atom stereocenters. The van der Waals surface area contributed by atoms with E-state index in [9.17, 15) is 8.42 Å². The maximum Gasteiger partial charge on any atom is 0.231 e. The molecule has 4 N–H and O–H groups in total. The van der Waals surface area contributed by atoms with Crippen molar-refractivity contribution in [3.8, 4) is 0 Å². The van der Waals surface area contributed by atoms with Crippen molar-refractivity contribution in [2.24, 2.45) is 0 Å². The predicted molar refractivity (Wildman–Crippen MR) is 101 cm³/mol. The summed E-state index contributed by atoms with van der Waals surface area (Å²) < 4.78 is 24.1. The second-order valence-corrected chi connectivity index (χ2v) is 8.57. The van der Waals surface area contributed by atoms with E-state index in [1.54, 1.807) is 6.20 Å². The summed E-state index contributed by atoms with van der Waals surface area (Å²) in [5, 5.41) is 21.3. The molecule has 5 rings (SSSR count). The molecule has 11 heteroatoms. The van der Waals surface area contributed by atoms with Crippen molar-refractivity contribution < 1.29 is 8.42 Å². The zero-order valence-electron chi connectivity index (χ0n) is 14.3. The first kappa shape index (κ1) is 16.0. The second kappa shape index (κ2) is 5.64. The van der Waals surface area contributed by atoms with Crippen LogP contribution in [0.3, 0.4) is 0 Å². The minimum Gasteiger partial charge on any atom is -0.367 e. The van der Waals surface area contributed by atoms with Crippen LogP contribution in [0.2, 0.25) is 0 Å². The molecular weight excluding hydrogens is 368 g/mol. The summed E-state index contributed by atoms with van der Waals surface area (Å²) in [4.78, 5) is 8.90. The number of fused-ring (bicyclic) bond motifs is 2. The fraction of sp³-hybridized carbons (Fsp3) is 0.250. The molecule has 0 spiro atoms. The summed E-state index contributed by atoms with van der Waals surface area (Å²) in [6.45, 7) is 0. The van der Waals surface area contributed by atoms with Crippen LogP contribution in [0.1, 0.15) is 12.8 Å². The van der Waals surface area contributed by atoms with Crippen LogP contribution in [-0.2, 0) is 9.84 Å². The number of nitrogens with zero attached hydrogens (tertiary/aromatic N) is 4. The smallest absolute Gasteiger partial charge is 0.231 e. The van der Waals surface area contributed by atoms with Crippen LogP contribution in [0.25, 0.3) is 21.9 Å². The van der Waals surface area contributed by atoms with Gasteiger partial charge in [0.1, 0.15) is 11.2 Å². The highest BCUT2D eigenvalue weighted by Gasteiger charge is 2.27. The van der Waals surface area contributed by atoms with Gasteiger partial charge in [0, 0.05) is 23.4 Å². The summed E-state index contributed by atoms with van der Waals surface area (Å²) in [7, 11) is -3.51. The van der Waals surface area contributed by atoms with Crippen LogP contribution in [0, 0.1) is 0 Å². The van der Waals surface area contributed by atoms with Gasteiger partial charge >= 0.3 is 0 Å². The molecule has 27 heavy (non-hydrogen) atoms. The molecule has 0 aliphatic heterocycles. The highest BCUT2D eigenvalue weighted by atomic mass is 32.2. The van der Waals surface area contributed by atoms with Crippen LogP contribution >= 0.6 is 0 Å². The van der Waals surface area contributed by atoms with Gasteiger partial charge in [-0.05, 0) is 31.0 Å². The lowest BCUT2D eigenvalue weighted by molar-refractivity contribution is 0.598. The van der Waals surface area contributed by atoms with Gasteiger partial charge in [-0.3, -0.25) is 10.2 Å². The second-order valence-electron chi connectivity index (χ2n) is 6.64. The fourth-order valence-electron chi connectivity index (χ4n) is 2.90. The first-order valence-corrected chi connectivity index (χ1v) is 10.3. The Balaban J connectivity index is 1.60. The number of sulfone groups is 1. The van der Waals surface area contributed by atoms with Gasteiger partial charge in [0.05, 0.1) is 11.7 Å². The number of rotatable bonds is 5. The third-order valence-corrected chi connectivity index (χ3v) is 5.35. The van der Waals surface area contributed by atoms with Crippen molar-refractivity contribution in [2.45, 2.75) is 23.9 Å². The molecule has 3 aromatic heterocycles. The molecule has 1 saturated carbocycles. The average molecular weight is 384 g/mol. The van der Waals surface area contributed by atoms with Crippen molar-refractivity contribution >= 4 is 49.2 Å². The maximum atomic E-state index is 12.0. The molecule has 0 bridgehead atoms. The Kier molecular flexibility index (Phi) is 3.34. The molecule has 0 saturated heterocycles. The number of anilines is 3. The molecule has 0 radical (unpaired) electrons. The highest BCUT2D eigenvalue weighted by Crippen LogP contribution is 2.32. The number of nitrogens with one attached hydrogen (secondary N) is 4. The maximum absolute atomic E-state index is 12.0. The van der Waals surface area contributed by atoms with Crippen molar-refractivity contribution in [1.82, 2.24) is 30.4 Å². The largest absolute Gasteiger partial charge is 0.367 e. The minimum atomic E-state index is -3.51. The summed E-state index contributed by atoms with van der Waals surface area (Å²) in [6, 6.07) is 6.01. The van der Waals surface area contributed by atoms with Gasteiger partial charge in [0.15, 0.2) is 20.5 Å². The monoisotopic (exact) mass is 384 g/mol. The van der Waals surface area contributed by atoms with E-state index in [2.05, 4.69) is 41.0 Å². The number of aromatic amines is 2. The SMILES string of the molecule is CS(=O)(=O)c1n[nH]c2nc(Nc3ccc4[nH]ncc4c3)nc(NC3CC3)c12. The van der Waals surface area contributed by atoms with Crippen LogP contribution < -0.4 is 10.6 Å². The van der Waals surface area contributed by atoms with E-state index in [0.717, 1.165) is 35.7 Å². The molecule has 138 valence electrons. The number of benzene rings is 1. The predicted octanol–water partition coefficient (Wildman–Crippen LogP) is 1.95. The van der Waals surface area contributed by atoms with Gasteiger partial charge in [-0.1, -0.05) is 0 Å². The standard InChI is InChI=1S/C16H16N8O2S/c1-27(25,26)15-12-13(18-9-2-3-9)20-16(21-14(12)23-24-15)19-10-4-5-11-8(6-10)7-17-22-11/h4-7,9H,2-3H2,1H3,(H,17,22)(H3,18,19,20,21,23,24). The Morgan fingerprint density at radius 2 is 2.04 bits per heavy atom. The van der Waals surface area contributed by atoms with Crippen LogP contribution in [0.15, 0.2) is 29.4 Å². The number of hydrogen-bond donors (Lipinski definition) is 4. The molecule has 3 heterocycles. The van der Waals surface area contributed by atoms with Gasteiger partial charge in [0.25, 0.3) is 0 Å². The summed E-state index contributed by atoms with van der Waals surface area (Å²) in [5.74, 6) is 0.806.